The van der Waals surface area contributed by atoms with Crippen LogP contribution >= 0.6 is 11.6 Å². The fraction of sp³-hybridized carbons (Fsp3) is 0.571. The number of hydrogen-bond acceptors (Lipinski definition) is 3. The van der Waals surface area contributed by atoms with Crippen molar-refractivity contribution in [1.29, 1.82) is 0 Å². The van der Waals surface area contributed by atoms with Crippen LogP contribution in [0.2, 0.25) is 5.02 Å². The maximum absolute atomic E-state index is 11.0. The summed E-state index contributed by atoms with van der Waals surface area (Å²) in [4.78, 5) is 10.7. The summed E-state index contributed by atoms with van der Waals surface area (Å²) >= 11 is 5.81. The van der Waals surface area contributed by atoms with E-state index in [-0.39, 0.29) is 10.6 Å². The van der Waals surface area contributed by atoms with Crippen molar-refractivity contribution in [2.45, 2.75) is 39.2 Å². The van der Waals surface area contributed by atoms with Crippen molar-refractivity contribution in [3.05, 3.63) is 33.3 Å². The van der Waals surface area contributed by atoms with Gasteiger partial charge >= 0.3 is 0 Å². The fourth-order valence-corrected chi connectivity index (χ4v) is 2.84. The van der Waals surface area contributed by atoms with Gasteiger partial charge < -0.3 is 5.32 Å². The summed E-state index contributed by atoms with van der Waals surface area (Å²) in [7, 11) is 0. The van der Waals surface area contributed by atoms with Gasteiger partial charge in [0.1, 0.15) is 5.69 Å². The molecule has 0 aromatic heterocycles. The van der Waals surface area contributed by atoms with Crippen molar-refractivity contribution in [3.8, 4) is 0 Å². The van der Waals surface area contributed by atoms with Gasteiger partial charge in [-0.2, -0.15) is 0 Å². The second-order valence-electron chi connectivity index (χ2n) is 5.53. The Morgan fingerprint density at radius 3 is 2.68 bits per heavy atom. The minimum atomic E-state index is -0.386. The van der Waals surface area contributed by atoms with E-state index in [4.69, 9.17) is 11.6 Å². The molecule has 0 saturated heterocycles. The first-order valence-electron chi connectivity index (χ1n) is 6.68. The monoisotopic (exact) mass is 282 g/mol. The number of anilines is 1. The number of benzene rings is 1. The summed E-state index contributed by atoms with van der Waals surface area (Å²) in [6, 6.07) is 5.10. The lowest BCUT2D eigenvalue weighted by molar-refractivity contribution is -0.384. The molecule has 5 heteroatoms. The van der Waals surface area contributed by atoms with Gasteiger partial charge in [-0.05, 0) is 43.2 Å². The van der Waals surface area contributed by atoms with Gasteiger partial charge in [0.2, 0.25) is 0 Å². The Balaban J connectivity index is 2.13. The summed E-state index contributed by atoms with van der Waals surface area (Å²) in [5.41, 5.74) is 0.625. The first kappa shape index (κ1) is 14.1. The third-order valence-electron chi connectivity index (χ3n) is 4.11. The zero-order valence-electron chi connectivity index (χ0n) is 11.2. The van der Waals surface area contributed by atoms with E-state index < -0.39 is 0 Å². The number of nitro groups is 1. The Hall–Kier alpha value is -1.29. The molecule has 0 heterocycles. The molecule has 3 unspecified atom stereocenters. The standard InChI is InChI=1S/C14H19ClN2O2/c1-9-3-5-12(7-10(9)2)16-13-6-4-11(15)8-14(13)17(18)19/h4,6,8-10,12,16H,3,5,7H2,1-2H3. The molecule has 1 aliphatic rings. The second-order valence-corrected chi connectivity index (χ2v) is 5.96. The number of rotatable bonds is 3. The van der Waals surface area contributed by atoms with E-state index in [0.29, 0.717) is 22.7 Å². The molecular weight excluding hydrogens is 264 g/mol. The van der Waals surface area contributed by atoms with Crippen LogP contribution in [-0.2, 0) is 0 Å². The maximum Gasteiger partial charge on any atom is 0.293 e. The molecule has 1 aromatic carbocycles. The van der Waals surface area contributed by atoms with Gasteiger partial charge in [0, 0.05) is 17.1 Å². The predicted octanol–water partition coefficient (Wildman–Crippen LogP) is 4.48. The molecule has 3 atom stereocenters. The van der Waals surface area contributed by atoms with Crippen molar-refractivity contribution in [2.75, 3.05) is 5.32 Å². The normalized spacial score (nSPS) is 27.0. The summed E-state index contributed by atoms with van der Waals surface area (Å²) in [6.07, 6.45) is 3.28. The molecule has 1 aromatic rings. The lowest BCUT2D eigenvalue weighted by Crippen LogP contribution is -2.30. The Morgan fingerprint density at radius 1 is 1.32 bits per heavy atom. The number of hydrogen-bond donors (Lipinski definition) is 1. The molecule has 0 bridgehead atoms. The molecule has 0 spiro atoms. The fourth-order valence-electron chi connectivity index (χ4n) is 2.68. The van der Waals surface area contributed by atoms with Gasteiger partial charge in [-0.1, -0.05) is 25.4 Å². The smallest absolute Gasteiger partial charge is 0.293 e. The van der Waals surface area contributed by atoms with Crippen LogP contribution in [0.3, 0.4) is 0 Å². The minimum absolute atomic E-state index is 0.0544. The van der Waals surface area contributed by atoms with E-state index in [1.807, 2.05) is 0 Å². The number of nitrogens with one attached hydrogen (secondary N) is 1. The van der Waals surface area contributed by atoms with Crippen LogP contribution in [0.4, 0.5) is 11.4 Å². The molecule has 4 nitrogen and oxygen atoms in total. The van der Waals surface area contributed by atoms with Crippen molar-refractivity contribution in [2.24, 2.45) is 11.8 Å². The van der Waals surface area contributed by atoms with Crippen LogP contribution in [0.15, 0.2) is 18.2 Å². The molecule has 0 amide bonds. The lowest BCUT2D eigenvalue weighted by atomic mass is 9.79. The van der Waals surface area contributed by atoms with Gasteiger partial charge in [-0.3, -0.25) is 10.1 Å². The van der Waals surface area contributed by atoms with Crippen LogP contribution in [0.1, 0.15) is 33.1 Å². The molecule has 104 valence electrons. The minimum Gasteiger partial charge on any atom is -0.377 e. The SMILES string of the molecule is CC1CCC(Nc2ccc(Cl)cc2[N+](=O)[O-])CC1C. The summed E-state index contributed by atoms with van der Waals surface area (Å²) < 4.78 is 0. The van der Waals surface area contributed by atoms with Gasteiger partial charge in [0.25, 0.3) is 5.69 Å². The van der Waals surface area contributed by atoms with Crippen LogP contribution in [-0.4, -0.2) is 11.0 Å². The van der Waals surface area contributed by atoms with Gasteiger partial charge in [-0.25, -0.2) is 0 Å². The zero-order valence-corrected chi connectivity index (χ0v) is 12.0. The van der Waals surface area contributed by atoms with E-state index in [0.717, 1.165) is 18.8 Å². The van der Waals surface area contributed by atoms with Crippen molar-refractivity contribution < 1.29 is 4.92 Å². The Morgan fingerprint density at radius 2 is 2.05 bits per heavy atom. The largest absolute Gasteiger partial charge is 0.377 e. The van der Waals surface area contributed by atoms with Crippen molar-refractivity contribution >= 4 is 23.0 Å². The predicted molar refractivity (Wildman–Crippen MR) is 77.7 cm³/mol. The molecule has 0 aliphatic heterocycles. The average molecular weight is 283 g/mol. The molecule has 1 N–H and O–H groups in total. The van der Waals surface area contributed by atoms with Crippen molar-refractivity contribution in [1.82, 2.24) is 0 Å². The van der Waals surface area contributed by atoms with E-state index in [1.54, 1.807) is 12.1 Å². The maximum atomic E-state index is 11.0. The highest BCUT2D eigenvalue weighted by atomic mass is 35.5. The highest BCUT2D eigenvalue weighted by molar-refractivity contribution is 6.30. The van der Waals surface area contributed by atoms with Crippen LogP contribution in [0, 0.1) is 22.0 Å². The van der Waals surface area contributed by atoms with E-state index in [9.17, 15) is 10.1 Å². The second kappa shape index (κ2) is 5.78. The third kappa shape index (κ3) is 3.38. The molecule has 1 fully saturated rings. The lowest BCUT2D eigenvalue weighted by Gasteiger charge is -2.33. The van der Waals surface area contributed by atoms with E-state index >= 15 is 0 Å². The molecule has 1 aliphatic carbocycles. The highest BCUT2D eigenvalue weighted by Crippen LogP contribution is 2.34. The Labute approximate surface area is 118 Å². The topological polar surface area (TPSA) is 55.2 Å². The third-order valence-corrected chi connectivity index (χ3v) is 4.35. The van der Waals surface area contributed by atoms with E-state index in [1.165, 1.54) is 12.5 Å². The molecular formula is C14H19ClN2O2. The molecule has 0 radical (unpaired) electrons. The molecule has 2 rings (SSSR count). The van der Waals surface area contributed by atoms with Crippen LogP contribution < -0.4 is 5.32 Å². The van der Waals surface area contributed by atoms with Gasteiger partial charge in [0.15, 0.2) is 0 Å². The molecule has 1 saturated carbocycles. The first-order chi connectivity index (χ1) is 8.97. The quantitative estimate of drug-likeness (QED) is 0.657. The number of nitrogens with zero attached hydrogens (tertiary/aromatic N) is 1. The average Bonchev–Trinajstić information content (AvgIpc) is 2.36. The summed E-state index contributed by atoms with van der Waals surface area (Å²) in [5.74, 6) is 1.39. The van der Waals surface area contributed by atoms with Gasteiger partial charge in [0.05, 0.1) is 4.92 Å². The zero-order chi connectivity index (χ0) is 14.0. The van der Waals surface area contributed by atoms with Crippen molar-refractivity contribution in [3.63, 3.8) is 0 Å². The van der Waals surface area contributed by atoms with E-state index in [2.05, 4.69) is 19.2 Å². The summed E-state index contributed by atoms with van der Waals surface area (Å²) in [6.45, 7) is 4.51. The highest BCUT2D eigenvalue weighted by Gasteiger charge is 2.26. The Kier molecular flexibility index (Phi) is 4.30. The van der Waals surface area contributed by atoms with Crippen LogP contribution in [0.25, 0.3) is 0 Å². The number of halogens is 1. The molecule has 19 heavy (non-hydrogen) atoms. The Bertz CT molecular complexity index is 479. The number of nitro benzene ring substituents is 1. The first-order valence-corrected chi connectivity index (χ1v) is 7.05. The summed E-state index contributed by atoms with van der Waals surface area (Å²) in [5, 5.41) is 14.7. The van der Waals surface area contributed by atoms with Crippen LogP contribution in [0.5, 0.6) is 0 Å². The van der Waals surface area contributed by atoms with Gasteiger partial charge in [-0.15, -0.1) is 0 Å².